The number of benzene rings is 2. The highest BCUT2D eigenvalue weighted by Gasteiger charge is 2.42. The maximum Gasteiger partial charge on any atom is 0.247 e. The van der Waals surface area contributed by atoms with Gasteiger partial charge in [0.2, 0.25) is 17.7 Å². The lowest BCUT2D eigenvalue weighted by atomic mass is 9.85. The summed E-state index contributed by atoms with van der Waals surface area (Å²) in [6.45, 7) is 11.0. The maximum atomic E-state index is 13.9. The number of hydrogen-bond donors (Lipinski definition) is 4. The van der Waals surface area contributed by atoms with Crippen molar-refractivity contribution in [3.63, 3.8) is 0 Å². The second kappa shape index (κ2) is 15.8. The average Bonchev–Trinajstić information content (AvgIpc) is 3.57. The van der Waals surface area contributed by atoms with E-state index in [-0.39, 0.29) is 30.1 Å². The minimum absolute atomic E-state index is 0. The summed E-state index contributed by atoms with van der Waals surface area (Å²) in [4.78, 5) is 53.2. The molecule has 0 aliphatic carbocycles. The molecule has 0 unspecified atom stereocenters. The van der Waals surface area contributed by atoms with Crippen molar-refractivity contribution in [3.05, 3.63) is 42.7 Å². The third kappa shape index (κ3) is 8.26. The zero-order chi connectivity index (χ0) is 33.7. The van der Waals surface area contributed by atoms with Gasteiger partial charge in [0.15, 0.2) is 0 Å². The number of likely N-dealkylation sites (tertiary alicyclic amines) is 1. The highest BCUT2D eigenvalue weighted by molar-refractivity contribution is 6.03. The second-order valence-corrected chi connectivity index (χ2v) is 13.1. The van der Waals surface area contributed by atoms with Gasteiger partial charge in [0.1, 0.15) is 30.0 Å². The number of nitrogens with zero attached hydrogens (tertiary/aromatic N) is 4. The minimum atomic E-state index is -0.803. The number of nitrogens with one attached hydrogen (secondary N) is 4. The van der Waals surface area contributed by atoms with Gasteiger partial charge in [-0.05, 0) is 62.6 Å². The lowest BCUT2D eigenvalue weighted by Crippen LogP contribution is -2.59. The highest BCUT2D eigenvalue weighted by atomic mass is 35.5. The van der Waals surface area contributed by atoms with Gasteiger partial charge in [-0.15, -0.1) is 12.4 Å². The first-order valence-electron chi connectivity index (χ1n) is 16.1. The molecule has 2 saturated heterocycles. The molecule has 2 aliphatic rings. The van der Waals surface area contributed by atoms with Crippen LogP contribution >= 0.6 is 12.4 Å². The number of anilines is 4. The van der Waals surface area contributed by atoms with E-state index in [0.29, 0.717) is 47.5 Å². The molecule has 3 amide bonds. The van der Waals surface area contributed by atoms with Gasteiger partial charge < -0.3 is 40.5 Å². The second-order valence-electron chi connectivity index (χ2n) is 13.1. The van der Waals surface area contributed by atoms with E-state index in [1.807, 2.05) is 32.9 Å². The summed E-state index contributed by atoms with van der Waals surface area (Å²) in [6, 6.07) is 9.70. The third-order valence-corrected chi connectivity index (χ3v) is 8.79. The first-order chi connectivity index (χ1) is 22.5. The largest absolute Gasteiger partial charge is 0.494 e. The van der Waals surface area contributed by atoms with Crippen molar-refractivity contribution in [2.75, 3.05) is 62.5 Å². The van der Waals surface area contributed by atoms with Crippen molar-refractivity contribution in [1.82, 2.24) is 25.5 Å². The zero-order valence-corrected chi connectivity index (χ0v) is 29.3. The molecular weight excluding hydrogens is 636 g/mol. The average molecular weight is 683 g/mol. The number of fused-ring (bicyclic) bond motifs is 1. The number of carbonyl (C=O) groups excluding carboxylic acids is 3. The van der Waals surface area contributed by atoms with Crippen LogP contribution < -0.4 is 30.9 Å². The van der Waals surface area contributed by atoms with Crippen molar-refractivity contribution in [1.29, 1.82) is 0 Å². The van der Waals surface area contributed by atoms with Crippen LogP contribution in [0.5, 0.6) is 5.75 Å². The van der Waals surface area contributed by atoms with Crippen LogP contribution in [0, 0.1) is 5.41 Å². The number of aromatic nitrogens is 2. The van der Waals surface area contributed by atoms with Crippen LogP contribution in [0.1, 0.15) is 40.5 Å². The van der Waals surface area contributed by atoms with Gasteiger partial charge in [0.05, 0.1) is 37.6 Å². The molecule has 2 aromatic carbocycles. The van der Waals surface area contributed by atoms with Gasteiger partial charge in [0, 0.05) is 42.5 Å². The first kappa shape index (κ1) is 36.6. The predicted molar refractivity (Wildman–Crippen MR) is 189 cm³/mol. The van der Waals surface area contributed by atoms with Gasteiger partial charge in [-0.1, -0.05) is 20.8 Å². The Kier molecular flexibility index (Phi) is 12.1. The Hall–Kier alpha value is -4.20. The van der Waals surface area contributed by atoms with E-state index in [1.54, 1.807) is 31.0 Å². The Morgan fingerprint density at radius 2 is 1.75 bits per heavy atom. The normalized spacial score (nSPS) is 17.7. The lowest BCUT2D eigenvalue weighted by molar-refractivity contribution is -0.143. The summed E-state index contributed by atoms with van der Waals surface area (Å²) >= 11 is 0. The Morgan fingerprint density at radius 1 is 1.04 bits per heavy atom. The summed E-state index contributed by atoms with van der Waals surface area (Å²) in [5, 5.41) is 12.9. The van der Waals surface area contributed by atoms with Gasteiger partial charge in [-0.25, -0.2) is 9.97 Å². The van der Waals surface area contributed by atoms with Crippen molar-refractivity contribution < 1.29 is 23.9 Å². The van der Waals surface area contributed by atoms with E-state index in [9.17, 15) is 14.4 Å². The van der Waals surface area contributed by atoms with E-state index in [4.69, 9.17) is 9.47 Å². The topological polar surface area (TPSA) is 150 Å². The number of amides is 3. The lowest BCUT2D eigenvalue weighted by Gasteiger charge is -2.36. The molecule has 0 bridgehead atoms. The van der Waals surface area contributed by atoms with Crippen molar-refractivity contribution in [2.45, 2.75) is 58.7 Å². The molecule has 0 saturated carbocycles. The summed E-state index contributed by atoms with van der Waals surface area (Å²) < 4.78 is 11.1. The Bertz CT molecular complexity index is 1590. The molecule has 0 radical (unpaired) electrons. The fourth-order valence-corrected chi connectivity index (χ4v) is 5.90. The smallest absolute Gasteiger partial charge is 0.247 e. The number of hydrogen-bond acceptors (Lipinski definition) is 10. The van der Waals surface area contributed by atoms with E-state index < -0.39 is 23.5 Å². The summed E-state index contributed by atoms with van der Waals surface area (Å²) in [5.41, 5.74) is 2.49. The van der Waals surface area contributed by atoms with Gasteiger partial charge >= 0.3 is 0 Å². The van der Waals surface area contributed by atoms with Crippen LogP contribution in [0.15, 0.2) is 42.7 Å². The van der Waals surface area contributed by atoms with Crippen LogP contribution in [-0.2, 0) is 19.1 Å². The Morgan fingerprint density at radius 3 is 2.40 bits per heavy atom. The van der Waals surface area contributed by atoms with Crippen molar-refractivity contribution in [2.24, 2.45) is 5.41 Å². The molecule has 0 spiro atoms. The molecule has 1 aromatic heterocycles. The number of ether oxygens (including phenoxy) is 2. The summed E-state index contributed by atoms with van der Waals surface area (Å²) in [5.74, 6) is 0.117. The summed E-state index contributed by atoms with van der Waals surface area (Å²) in [6.07, 6.45) is 2.65. The van der Waals surface area contributed by atoms with Crippen molar-refractivity contribution in [3.8, 4) is 5.75 Å². The first-order valence-corrected chi connectivity index (χ1v) is 16.1. The number of methoxy groups -OCH3 is 1. The number of likely N-dealkylation sites (N-methyl/N-ethyl adjacent to an activating group) is 1. The predicted octanol–water partition coefficient (Wildman–Crippen LogP) is 3.71. The molecule has 13 nitrogen and oxygen atoms in total. The quantitative estimate of drug-likeness (QED) is 0.249. The Balaban J connectivity index is 0.00000520. The zero-order valence-electron chi connectivity index (χ0n) is 28.5. The van der Waals surface area contributed by atoms with Gasteiger partial charge in [-0.3, -0.25) is 14.4 Å². The monoisotopic (exact) mass is 682 g/mol. The van der Waals surface area contributed by atoms with Crippen molar-refractivity contribution >= 4 is 63.9 Å². The van der Waals surface area contributed by atoms with Gasteiger partial charge in [-0.2, -0.15) is 0 Å². The summed E-state index contributed by atoms with van der Waals surface area (Å²) in [7, 11) is 3.22. The van der Waals surface area contributed by atoms with Crippen LogP contribution in [0.25, 0.3) is 10.9 Å². The highest BCUT2D eigenvalue weighted by Crippen LogP contribution is 2.34. The van der Waals surface area contributed by atoms with Gasteiger partial charge in [0.25, 0.3) is 0 Å². The van der Waals surface area contributed by atoms with E-state index >= 15 is 0 Å². The fourth-order valence-electron chi connectivity index (χ4n) is 5.90. The molecule has 2 aliphatic heterocycles. The molecular formula is C34H47ClN8O5. The molecule has 4 N–H and O–H groups in total. The maximum absolute atomic E-state index is 13.9. The standard InChI is InChI=1S/C34H46N8O5.ClH/c1-21(35-5)31(43)40-29(34(2,3)4)33(45)42-13-7-8-27(42)32(44)39-26-18-24-25(19-28(26)46-6)36-20-37-30(24)38-22-9-11-23(12-10-22)41-14-16-47-17-15-41;/h9-12,18-21,27,29,35H,7-8,13-17H2,1-6H3,(H,39,44)(H,40,43)(H,36,37,38);1H/t21-,27-,29+;/m0./s1. The molecule has 48 heavy (non-hydrogen) atoms. The number of morpholine rings is 1. The molecule has 3 atom stereocenters. The number of rotatable bonds is 10. The molecule has 3 heterocycles. The molecule has 3 aromatic rings. The van der Waals surface area contributed by atoms with Crippen LogP contribution in [0.2, 0.25) is 0 Å². The van der Waals surface area contributed by atoms with Crippen LogP contribution in [-0.4, -0.2) is 97.7 Å². The van der Waals surface area contributed by atoms with E-state index in [2.05, 4.69) is 48.3 Å². The molecule has 5 rings (SSSR count). The minimum Gasteiger partial charge on any atom is -0.494 e. The fraction of sp³-hybridized carbons (Fsp3) is 0.500. The number of halogens is 1. The molecule has 2 fully saturated rings. The Labute approximate surface area is 287 Å². The number of carbonyl (C=O) groups is 3. The third-order valence-electron chi connectivity index (χ3n) is 8.79. The van der Waals surface area contributed by atoms with Crippen LogP contribution in [0.4, 0.5) is 22.9 Å². The molecule has 260 valence electrons. The molecule has 14 heteroatoms. The SMILES string of the molecule is CN[C@@H](C)C(=O)N[C@H](C(=O)N1CCC[C@H]1C(=O)Nc1cc2c(Nc3ccc(N4CCOCC4)cc3)ncnc2cc1OC)C(C)(C)C.Cl. The van der Waals surface area contributed by atoms with E-state index in [1.165, 1.54) is 13.4 Å². The van der Waals surface area contributed by atoms with E-state index in [0.717, 1.165) is 37.7 Å². The van der Waals surface area contributed by atoms with Crippen LogP contribution in [0.3, 0.4) is 0 Å².